The summed E-state index contributed by atoms with van der Waals surface area (Å²) in [5.74, 6) is -0.0855. The fourth-order valence-electron chi connectivity index (χ4n) is 3.36. The largest absolute Gasteiger partial charge is 0.508 e. The van der Waals surface area contributed by atoms with Gasteiger partial charge in [0.2, 0.25) is 0 Å². The predicted molar refractivity (Wildman–Crippen MR) is 103 cm³/mol. The van der Waals surface area contributed by atoms with Gasteiger partial charge in [0.25, 0.3) is 0 Å². The smallest absolute Gasteiger partial charge is 0.147 e. The monoisotopic (exact) mass is 355 g/mol. The number of rotatable bonds is 2. The Balaban J connectivity index is 1.81. The van der Waals surface area contributed by atoms with E-state index in [9.17, 15) is 9.50 Å². The van der Waals surface area contributed by atoms with Gasteiger partial charge in [-0.1, -0.05) is 30.3 Å². The van der Waals surface area contributed by atoms with E-state index < -0.39 is 0 Å². The van der Waals surface area contributed by atoms with E-state index in [0.29, 0.717) is 11.2 Å². The molecule has 1 N–H and O–H groups in total. The van der Waals surface area contributed by atoms with Crippen molar-refractivity contribution in [3.05, 3.63) is 85.1 Å². The molecule has 4 nitrogen and oxygen atoms in total. The van der Waals surface area contributed by atoms with Gasteiger partial charge in [-0.15, -0.1) is 0 Å². The lowest BCUT2D eigenvalue weighted by Gasteiger charge is -2.09. The third kappa shape index (κ3) is 2.52. The molecule has 0 saturated carbocycles. The molecule has 0 fully saturated rings. The molecule has 0 aliphatic rings. The molecule has 0 aliphatic carbocycles. The van der Waals surface area contributed by atoms with Gasteiger partial charge in [-0.25, -0.2) is 9.37 Å². The first-order valence-corrected chi connectivity index (χ1v) is 8.51. The van der Waals surface area contributed by atoms with Crippen molar-refractivity contribution < 1.29 is 9.50 Å². The maximum Gasteiger partial charge on any atom is 0.147 e. The molecule has 2 heterocycles. The average molecular weight is 355 g/mol. The van der Waals surface area contributed by atoms with Gasteiger partial charge in [0.05, 0.1) is 22.9 Å². The van der Waals surface area contributed by atoms with Gasteiger partial charge in [-0.2, -0.15) is 0 Å². The summed E-state index contributed by atoms with van der Waals surface area (Å²) in [5, 5.41) is 10.4. The lowest BCUT2D eigenvalue weighted by Crippen LogP contribution is -1.96. The van der Waals surface area contributed by atoms with E-state index in [2.05, 4.69) is 9.97 Å². The first kappa shape index (κ1) is 15.5. The van der Waals surface area contributed by atoms with Crippen LogP contribution >= 0.6 is 0 Å². The zero-order valence-corrected chi connectivity index (χ0v) is 14.2. The van der Waals surface area contributed by atoms with Crippen LogP contribution in [0.4, 0.5) is 4.39 Å². The zero-order valence-electron chi connectivity index (χ0n) is 14.2. The van der Waals surface area contributed by atoms with Gasteiger partial charge < -0.3 is 5.11 Å². The number of aromatic nitrogens is 3. The number of hydrogen-bond acceptors (Lipinski definition) is 3. The maximum absolute atomic E-state index is 14.4. The van der Waals surface area contributed by atoms with Gasteiger partial charge in [0.1, 0.15) is 23.4 Å². The average Bonchev–Trinajstić information content (AvgIpc) is 3.13. The molecule has 0 unspecified atom stereocenters. The maximum atomic E-state index is 14.4. The van der Waals surface area contributed by atoms with Crippen molar-refractivity contribution in [3.8, 4) is 22.6 Å². The molecule has 0 atom stereocenters. The number of hydrogen-bond donors (Lipinski definition) is 1. The summed E-state index contributed by atoms with van der Waals surface area (Å²) in [6, 6.07) is 19.6. The van der Waals surface area contributed by atoms with Crippen molar-refractivity contribution in [3.63, 3.8) is 0 Å². The number of benzene rings is 3. The van der Waals surface area contributed by atoms with Crippen LogP contribution in [-0.2, 0) is 0 Å². The standard InChI is InChI=1S/C22H14FN3O/c23-18-3-1-2-4-21(18)26-13-25-20-12-24-19-10-7-15(11-17(19)22(20)26)14-5-8-16(27)9-6-14/h1-13,27H. The van der Waals surface area contributed by atoms with Crippen LogP contribution in [0.15, 0.2) is 79.3 Å². The Bertz CT molecular complexity index is 1290. The topological polar surface area (TPSA) is 50.9 Å². The van der Waals surface area contributed by atoms with Gasteiger partial charge >= 0.3 is 0 Å². The van der Waals surface area contributed by atoms with Crippen molar-refractivity contribution in [2.45, 2.75) is 0 Å². The number of para-hydroxylation sites is 1. The lowest BCUT2D eigenvalue weighted by atomic mass is 10.0. The van der Waals surface area contributed by atoms with E-state index in [-0.39, 0.29) is 11.6 Å². The Kier molecular flexibility index (Phi) is 3.40. The van der Waals surface area contributed by atoms with Crippen molar-refractivity contribution in [2.24, 2.45) is 0 Å². The molecule has 0 amide bonds. The second-order valence-electron chi connectivity index (χ2n) is 6.34. The van der Waals surface area contributed by atoms with Crippen LogP contribution in [0.5, 0.6) is 5.75 Å². The Morgan fingerprint density at radius 3 is 2.41 bits per heavy atom. The normalized spacial score (nSPS) is 11.3. The molecular weight excluding hydrogens is 341 g/mol. The Hall–Kier alpha value is -3.73. The van der Waals surface area contributed by atoms with Crippen LogP contribution in [0.1, 0.15) is 0 Å². The summed E-state index contributed by atoms with van der Waals surface area (Å²) in [7, 11) is 0. The van der Waals surface area contributed by atoms with Gasteiger partial charge in [-0.3, -0.25) is 9.55 Å². The number of fused-ring (bicyclic) bond motifs is 3. The highest BCUT2D eigenvalue weighted by Crippen LogP contribution is 2.31. The molecule has 130 valence electrons. The van der Waals surface area contributed by atoms with E-state index in [1.54, 1.807) is 47.4 Å². The van der Waals surface area contributed by atoms with Crippen LogP contribution in [-0.4, -0.2) is 19.6 Å². The fraction of sp³-hybridized carbons (Fsp3) is 0. The summed E-state index contributed by atoms with van der Waals surface area (Å²) in [4.78, 5) is 8.88. The number of nitrogens with zero attached hydrogens (tertiary/aromatic N) is 3. The van der Waals surface area contributed by atoms with Crippen molar-refractivity contribution in [1.29, 1.82) is 0 Å². The number of halogens is 1. The predicted octanol–water partition coefficient (Wildman–Crippen LogP) is 5.09. The van der Waals surface area contributed by atoms with Crippen LogP contribution < -0.4 is 0 Å². The first-order chi connectivity index (χ1) is 13.2. The van der Waals surface area contributed by atoms with Gasteiger partial charge in [0, 0.05) is 5.39 Å². The van der Waals surface area contributed by atoms with Crippen molar-refractivity contribution in [2.75, 3.05) is 0 Å². The van der Waals surface area contributed by atoms with Crippen molar-refractivity contribution >= 4 is 21.9 Å². The van der Waals surface area contributed by atoms with Crippen LogP contribution in [0.2, 0.25) is 0 Å². The minimum atomic E-state index is -0.309. The van der Waals surface area contributed by atoms with Crippen LogP contribution in [0.3, 0.4) is 0 Å². The van der Waals surface area contributed by atoms with Gasteiger partial charge in [-0.05, 0) is 47.5 Å². The number of pyridine rings is 1. The Morgan fingerprint density at radius 2 is 1.59 bits per heavy atom. The number of imidazole rings is 1. The second kappa shape index (κ2) is 5.92. The van der Waals surface area contributed by atoms with Crippen LogP contribution in [0, 0.1) is 5.82 Å². The minimum Gasteiger partial charge on any atom is -0.508 e. The lowest BCUT2D eigenvalue weighted by molar-refractivity contribution is 0.475. The summed E-state index contributed by atoms with van der Waals surface area (Å²) >= 11 is 0. The van der Waals surface area contributed by atoms with E-state index >= 15 is 0 Å². The van der Waals surface area contributed by atoms with Crippen molar-refractivity contribution in [1.82, 2.24) is 14.5 Å². The summed E-state index contributed by atoms with van der Waals surface area (Å²) < 4.78 is 16.1. The highest BCUT2D eigenvalue weighted by atomic mass is 19.1. The number of phenolic OH excluding ortho intramolecular Hbond substituents is 1. The molecule has 5 rings (SSSR count). The molecule has 3 aromatic carbocycles. The molecular formula is C22H14FN3O. The molecule has 5 aromatic rings. The minimum absolute atomic E-state index is 0.223. The molecule has 0 radical (unpaired) electrons. The molecule has 0 spiro atoms. The third-order valence-electron chi connectivity index (χ3n) is 4.69. The molecule has 0 aliphatic heterocycles. The molecule has 2 aromatic heterocycles. The second-order valence-corrected chi connectivity index (χ2v) is 6.34. The van der Waals surface area contributed by atoms with Crippen LogP contribution in [0.25, 0.3) is 38.8 Å². The number of aromatic hydroxyl groups is 1. The zero-order chi connectivity index (χ0) is 18.4. The summed E-state index contributed by atoms with van der Waals surface area (Å²) in [6.07, 6.45) is 3.33. The Labute approximate surface area is 154 Å². The Morgan fingerprint density at radius 1 is 0.815 bits per heavy atom. The van der Waals surface area contributed by atoms with E-state index in [0.717, 1.165) is 27.5 Å². The van der Waals surface area contributed by atoms with E-state index in [1.807, 2.05) is 30.3 Å². The molecule has 0 saturated heterocycles. The first-order valence-electron chi connectivity index (χ1n) is 8.51. The quantitative estimate of drug-likeness (QED) is 0.480. The highest BCUT2D eigenvalue weighted by Gasteiger charge is 2.13. The number of phenols is 1. The molecule has 27 heavy (non-hydrogen) atoms. The molecule has 5 heteroatoms. The highest BCUT2D eigenvalue weighted by molar-refractivity contribution is 6.04. The summed E-state index contributed by atoms with van der Waals surface area (Å²) in [6.45, 7) is 0. The van der Waals surface area contributed by atoms with E-state index in [4.69, 9.17) is 0 Å². The third-order valence-corrected chi connectivity index (χ3v) is 4.69. The molecule has 0 bridgehead atoms. The SMILES string of the molecule is Oc1ccc(-c2ccc3ncc4ncn(-c5ccccc5F)c4c3c2)cc1. The van der Waals surface area contributed by atoms with E-state index in [1.165, 1.54) is 6.07 Å². The fourth-order valence-corrected chi connectivity index (χ4v) is 3.36. The van der Waals surface area contributed by atoms with Gasteiger partial charge in [0.15, 0.2) is 0 Å². The summed E-state index contributed by atoms with van der Waals surface area (Å²) in [5.41, 5.74) is 4.73.